The summed E-state index contributed by atoms with van der Waals surface area (Å²) in [6.45, 7) is 7.71. The molecule has 2 rings (SSSR count). The third-order valence-electron chi connectivity index (χ3n) is 4.53. The number of H-pyrrole nitrogens is 1. The number of aromatic nitrogens is 1. The minimum atomic E-state index is 0.630. The van der Waals surface area contributed by atoms with Gasteiger partial charge in [0.15, 0.2) is 5.11 Å². The number of benzene rings is 1. The maximum atomic E-state index is 9.48. The van der Waals surface area contributed by atoms with Crippen molar-refractivity contribution in [3.8, 4) is 6.07 Å². The Labute approximate surface area is 173 Å². The van der Waals surface area contributed by atoms with Gasteiger partial charge < -0.3 is 15.5 Å². The van der Waals surface area contributed by atoms with Crippen molar-refractivity contribution >= 4 is 34.1 Å². The van der Waals surface area contributed by atoms with Crippen molar-refractivity contribution in [3.63, 3.8) is 0 Å². The van der Waals surface area contributed by atoms with Gasteiger partial charge in [0, 0.05) is 31.3 Å². The predicted octanol–water partition coefficient (Wildman–Crippen LogP) is 0.943. The second-order valence-corrected chi connectivity index (χ2v) is 7.90. The largest absolute Gasteiger partial charge is 0.363 e. The Kier molecular flexibility index (Phi) is 8.42. The molecule has 150 valence electrons. The molecule has 0 aliphatic carbocycles. The summed E-state index contributed by atoms with van der Waals surface area (Å²) >= 11 is 5.29. The minimum absolute atomic E-state index is 0.630. The molecule has 0 unspecified atom stereocenters. The van der Waals surface area contributed by atoms with Gasteiger partial charge in [-0.1, -0.05) is 6.07 Å². The standard InChI is InChI=1S/C21H30N6S/c1-15-11-16(2)19-17(12-15)13-18(14-22)20(26-19)23-7-5-8-24-21(28)25-9-6-10-27(3)4/h11-13H,5-10H2,1-4H3,(H,23,26)(H2,24,25,28)/p+2. The Morgan fingerprint density at radius 3 is 2.50 bits per heavy atom. The maximum absolute atomic E-state index is 9.48. The number of aryl methyl sites for hydroxylation is 2. The molecular formula is C21H32N6S+2. The van der Waals surface area contributed by atoms with Crippen molar-refractivity contribution in [2.45, 2.75) is 26.7 Å². The van der Waals surface area contributed by atoms with E-state index in [1.165, 1.54) is 16.0 Å². The SMILES string of the molecule is Cc1cc(C)c2[nH+]c(NCCCNC(=S)NCCC[NH+](C)C)c(C#N)cc2c1. The average molecular weight is 401 g/mol. The molecular weight excluding hydrogens is 368 g/mol. The highest BCUT2D eigenvalue weighted by atomic mass is 32.1. The van der Waals surface area contributed by atoms with Gasteiger partial charge in [-0.05, 0) is 49.3 Å². The van der Waals surface area contributed by atoms with Gasteiger partial charge >= 0.3 is 0 Å². The number of nitrogens with one attached hydrogen (secondary N) is 5. The normalized spacial score (nSPS) is 10.7. The number of hydrogen-bond donors (Lipinski definition) is 4. The number of aromatic amines is 1. The van der Waals surface area contributed by atoms with Crippen LogP contribution < -0.4 is 25.8 Å². The van der Waals surface area contributed by atoms with Gasteiger partial charge in [-0.2, -0.15) is 5.26 Å². The molecule has 2 aromatic rings. The molecule has 0 atom stereocenters. The third kappa shape index (κ3) is 6.63. The molecule has 5 N–H and O–H groups in total. The second-order valence-electron chi connectivity index (χ2n) is 7.49. The molecule has 1 aromatic carbocycles. The van der Waals surface area contributed by atoms with E-state index in [0.717, 1.165) is 55.7 Å². The molecule has 0 radical (unpaired) electrons. The summed E-state index contributed by atoms with van der Waals surface area (Å²) in [5.74, 6) is 0.772. The van der Waals surface area contributed by atoms with Gasteiger partial charge in [-0.25, -0.2) is 4.98 Å². The average Bonchev–Trinajstić information content (AvgIpc) is 2.64. The smallest absolute Gasteiger partial charge is 0.290 e. The lowest BCUT2D eigenvalue weighted by molar-refractivity contribution is -0.858. The summed E-state index contributed by atoms with van der Waals surface area (Å²) in [5.41, 5.74) is 4.07. The number of quaternary nitrogens is 1. The van der Waals surface area contributed by atoms with Gasteiger partial charge in [0.2, 0.25) is 0 Å². The molecule has 0 saturated heterocycles. The first-order valence-corrected chi connectivity index (χ1v) is 10.2. The van der Waals surface area contributed by atoms with E-state index in [-0.39, 0.29) is 0 Å². The Morgan fingerprint density at radius 2 is 1.82 bits per heavy atom. The summed E-state index contributed by atoms with van der Waals surface area (Å²) in [6, 6.07) is 8.47. The lowest BCUT2D eigenvalue weighted by Gasteiger charge is -2.11. The van der Waals surface area contributed by atoms with E-state index in [4.69, 9.17) is 12.2 Å². The zero-order chi connectivity index (χ0) is 20.5. The third-order valence-corrected chi connectivity index (χ3v) is 4.82. The van der Waals surface area contributed by atoms with Crippen LogP contribution in [-0.4, -0.2) is 45.4 Å². The molecule has 0 aliphatic heterocycles. The van der Waals surface area contributed by atoms with E-state index in [1.807, 2.05) is 6.07 Å². The molecule has 0 saturated carbocycles. The van der Waals surface area contributed by atoms with Crippen molar-refractivity contribution in [1.29, 1.82) is 5.26 Å². The lowest BCUT2D eigenvalue weighted by atomic mass is 10.1. The van der Waals surface area contributed by atoms with Crippen LogP contribution in [0.4, 0.5) is 5.82 Å². The van der Waals surface area contributed by atoms with E-state index >= 15 is 0 Å². The monoisotopic (exact) mass is 400 g/mol. The van der Waals surface area contributed by atoms with Crippen molar-refractivity contribution in [2.75, 3.05) is 45.6 Å². The molecule has 28 heavy (non-hydrogen) atoms. The Morgan fingerprint density at radius 1 is 1.11 bits per heavy atom. The predicted molar refractivity (Wildman–Crippen MR) is 119 cm³/mol. The highest BCUT2D eigenvalue weighted by Gasteiger charge is 2.13. The first-order valence-electron chi connectivity index (χ1n) is 9.82. The number of fused-ring (bicyclic) bond motifs is 1. The highest BCUT2D eigenvalue weighted by molar-refractivity contribution is 7.80. The van der Waals surface area contributed by atoms with Crippen molar-refractivity contribution in [2.24, 2.45) is 0 Å². The molecule has 7 heteroatoms. The Bertz CT molecular complexity index is 856. The van der Waals surface area contributed by atoms with Crippen LogP contribution in [0.5, 0.6) is 0 Å². The summed E-state index contributed by atoms with van der Waals surface area (Å²) in [6.07, 6.45) is 1.99. The van der Waals surface area contributed by atoms with Gasteiger partial charge in [-0.15, -0.1) is 0 Å². The molecule has 1 heterocycles. The first kappa shape index (κ1) is 21.9. The fourth-order valence-corrected chi connectivity index (χ4v) is 3.35. The van der Waals surface area contributed by atoms with Gasteiger partial charge in [0.05, 0.1) is 27.2 Å². The summed E-state index contributed by atoms with van der Waals surface area (Å²) in [5, 5.41) is 21.1. The van der Waals surface area contributed by atoms with Crippen molar-refractivity contribution < 1.29 is 9.88 Å². The number of anilines is 1. The highest BCUT2D eigenvalue weighted by Crippen LogP contribution is 2.20. The molecule has 0 amide bonds. The quantitative estimate of drug-likeness (QED) is 0.372. The van der Waals surface area contributed by atoms with E-state index in [9.17, 15) is 5.26 Å². The van der Waals surface area contributed by atoms with Crippen LogP contribution in [0.1, 0.15) is 29.5 Å². The zero-order valence-corrected chi connectivity index (χ0v) is 18.1. The van der Waals surface area contributed by atoms with E-state index < -0.39 is 0 Å². The fraction of sp³-hybridized carbons (Fsp3) is 0.476. The van der Waals surface area contributed by atoms with Crippen LogP contribution in [0, 0.1) is 25.2 Å². The number of hydrogen-bond acceptors (Lipinski definition) is 3. The number of rotatable bonds is 9. The zero-order valence-electron chi connectivity index (χ0n) is 17.3. The Balaban J connectivity index is 1.81. The number of thiocarbonyl (C=S) groups is 1. The van der Waals surface area contributed by atoms with E-state index in [0.29, 0.717) is 10.7 Å². The minimum Gasteiger partial charge on any atom is -0.363 e. The van der Waals surface area contributed by atoms with Crippen molar-refractivity contribution in [3.05, 3.63) is 34.9 Å². The topological polar surface area (TPSA) is 78.5 Å². The van der Waals surface area contributed by atoms with Crippen LogP contribution in [0.25, 0.3) is 10.9 Å². The van der Waals surface area contributed by atoms with Gasteiger partial charge in [0.1, 0.15) is 17.1 Å². The summed E-state index contributed by atoms with van der Waals surface area (Å²) in [4.78, 5) is 4.83. The molecule has 0 aliphatic rings. The number of nitriles is 1. The molecule has 0 fully saturated rings. The van der Waals surface area contributed by atoms with Crippen LogP contribution >= 0.6 is 12.2 Å². The van der Waals surface area contributed by atoms with E-state index in [1.54, 1.807) is 0 Å². The van der Waals surface area contributed by atoms with Gasteiger partial charge in [0.25, 0.3) is 5.82 Å². The molecule has 6 nitrogen and oxygen atoms in total. The van der Waals surface area contributed by atoms with E-state index in [2.05, 4.69) is 67.1 Å². The van der Waals surface area contributed by atoms with Crippen LogP contribution in [0.3, 0.4) is 0 Å². The number of pyridine rings is 1. The summed E-state index contributed by atoms with van der Waals surface area (Å²) in [7, 11) is 4.30. The first-order chi connectivity index (χ1) is 13.4. The fourth-order valence-electron chi connectivity index (χ4n) is 3.14. The van der Waals surface area contributed by atoms with Crippen LogP contribution in [0.15, 0.2) is 18.2 Å². The van der Waals surface area contributed by atoms with Gasteiger partial charge in [-0.3, -0.25) is 5.32 Å². The van der Waals surface area contributed by atoms with Crippen molar-refractivity contribution in [1.82, 2.24) is 10.6 Å². The molecule has 0 spiro atoms. The lowest BCUT2D eigenvalue weighted by Crippen LogP contribution is -3.05. The number of nitrogens with zero attached hydrogens (tertiary/aromatic N) is 1. The summed E-state index contributed by atoms with van der Waals surface area (Å²) < 4.78 is 0. The van der Waals surface area contributed by atoms with Crippen LogP contribution in [0.2, 0.25) is 0 Å². The Hall–Kier alpha value is -2.43. The molecule has 0 bridgehead atoms. The van der Waals surface area contributed by atoms with Crippen LogP contribution in [-0.2, 0) is 0 Å². The maximum Gasteiger partial charge on any atom is 0.290 e. The molecule has 1 aromatic heterocycles. The second kappa shape index (κ2) is 10.8.